The van der Waals surface area contributed by atoms with Crippen LogP contribution < -0.4 is 9.47 Å². The summed E-state index contributed by atoms with van der Waals surface area (Å²) in [5.74, 6) is -3.90. The van der Waals surface area contributed by atoms with Crippen molar-refractivity contribution in [3.63, 3.8) is 0 Å². The first kappa shape index (κ1) is 28.8. The molecule has 2 aromatic carbocycles. The van der Waals surface area contributed by atoms with E-state index in [1.165, 1.54) is 6.20 Å². The highest BCUT2D eigenvalue weighted by Crippen LogP contribution is 2.61. The number of carboxylic acid groups (broad SMARTS) is 1. The van der Waals surface area contributed by atoms with E-state index in [-0.39, 0.29) is 47.6 Å². The van der Waals surface area contributed by atoms with Crippen molar-refractivity contribution in [3.05, 3.63) is 76.5 Å². The second-order valence-electron chi connectivity index (χ2n) is 10.2. The van der Waals surface area contributed by atoms with E-state index in [1.807, 2.05) is 0 Å². The molecule has 41 heavy (non-hydrogen) atoms. The maximum atomic E-state index is 15.1. The number of nitrogens with zero attached hydrogens (tertiary/aromatic N) is 1. The number of aliphatic carboxylic acids is 1. The number of rotatable bonds is 10. The van der Waals surface area contributed by atoms with Crippen molar-refractivity contribution in [2.45, 2.75) is 31.5 Å². The number of pyridine rings is 1. The first-order valence-electron chi connectivity index (χ1n) is 12.6. The number of halogens is 5. The van der Waals surface area contributed by atoms with Gasteiger partial charge < -0.3 is 14.6 Å². The molecule has 0 bridgehead atoms. The topological polar surface area (TPSA) is 103 Å². The largest absolute Gasteiger partial charge is 0.493 e. The molecular weight excluding hydrogens is 573 g/mol. The van der Waals surface area contributed by atoms with Gasteiger partial charge in [0.1, 0.15) is 33.8 Å². The fourth-order valence-corrected chi connectivity index (χ4v) is 6.01. The minimum atomic E-state index is -4.98. The van der Waals surface area contributed by atoms with Crippen LogP contribution in [0.5, 0.6) is 11.6 Å². The van der Waals surface area contributed by atoms with Gasteiger partial charge in [-0.25, -0.2) is 22.2 Å². The Morgan fingerprint density at radius 3 is 2.54 bits per heavy atom. The fourth-order valence-electron chi connectivity index (χ4n) is 5.37. The Kier molecular flexibility index (Phi) is 7.43. The summed E-state index contributed by atoms with van der Waals surface area (Å²) in [4.78, 5) is 15.4. The van der Waals surface area contributed by atoms with Gasteiger partial charge >= 0.3 is 12.1 Å². The molecule has 3 unspecified atom stereocenters. The third-order valence-electron chi connectivity index (χ3n) is 7.28. The molecule has 2 aliphatic rings. The standard InChI is InChI=1S/C28H24F5NO6S/c1-41(37,38)6-2-5-39-17-10-20(28(31,32)33)24(22(30)11-17)14-3-4-21(29)16(7-14)13-40-23-9-15-8-18-25(19(15)12-34-23)26(18)27(35)36/h3-4,7,9-12,18,25-26H,2,5-6,8,13H2,1H3,(H,35,36). The van der Waals surface area contributed by atoms with Crippen molar-refractivity contribution in [1.29, 1.82) is 0 Å². The number of benzene rings is 2. The maximum absolute atomic E-state index is 15.1. The Bertz CT molecular complexity index is 1620. The van der Waals surface area contributed by atoms with Crippen LogP contribution in [0, 0.1) is 23.5 Å². The summed E-state index contributed by atoms with van der Waals surface area (Å²) >= 11 is 0. The molecule has 1 aromatic heterocycles. The van der Waals surface area contributed by atoms with E-state index in [2.05, 4.69) is 4.98 Å². The fraction of sp³-hybridized carbons (Fsp3) is 0.357. The minimum Gasteiger partial charge on any atom is -0.493 e. The number of fused-ring (bicyclic) bond motifs is 3. The molecule has 0 amide bonds. The molecule has 3 atom stereocenters. The molecule has 0 aliphatic heterocycles. The Morgan fingerprint density at radius 2 is 1.85 bits per heavy atom. The predicted molar refractivity (Wildman–Crippen MR) is 136 cm³/mol. The molecule has 0 radical (unpaired) electrons. The molecule has 0 saturated heterocycles. The molecule has 1 fully saturated rings. The quantitative estimate of drug-likeness (QED) is 0.246. The second-order valence-corrected chi connectivity index (χ2v) is 12.5. The van der Waals surface area contributed by atoms with E-state index in [1.54, 1.807) is 6.07 Å². The van der Waals surface area contributed by atoms with Crippen LogP contribution in [0.3, 0.4) is 0 Å². The van der Waals surface area contributed by atoms with Crippen LogP contribution in [0.25, 0.3) is 11.1 Å². The lowest BCUT2D eigenvalue weighted by Gasteiger charge is -2.17. The maximum Gasteiger partial charge on any atom is 0.417 e. The van der Waals surface area contributed by atoms with Crippen molar-refractivity contribution >= 4 is 15.8 Å². The molecule has 1 N–H and O–H groups in total. The Hall–Kier alpha value is -3.74. The van der Waals surface area contributed by atoms with E-state index in [0.29, 0.717) is 12.5 Å². The summed E-state index contributed by atoms with van der Waals surface area (Å²) in [6.45, 7) is -0.639. The summed E-state index contributed by atoms with van der Waals surface area (Å²) in [5.41, 5.74) is -0.793. The summed E-state index contributed by atoms with van der Waals surface area (Å²) in [5, 5.41) is 9.25. The van der Waals surface area contributed by atoms with Gasteiger partial charge in [0, 0.05) is 41.6 Å². The van der Waals surface area contributed by atoms with Gasteiger partial charge in [0.15, 0.2) is 0 Å². The number of hydrogen-bond donors (Lipinski definition) is 1. The monoisotopic (exact) mass is 597 g/mol. The Labute approximate surface area is 231 Å². The predicted octanol–water partition coefficient (Wildman–Crippen LogP) is 5.41. The highest BCUT2D eigenvalue weighted by Gasteiger charge is 2.60. The average Bonchev–Trinajstić information content (AvgIpc) is 3.47. The molecule has 7 nitrogen and oxygen atoms in total. The van der Waals surface area contributed by atoms with Gasteiger partial charge in [-0.15, -0.1) is 0 Å². The number of alkyl halides is 3. The van der Waals surface area contributed by atoms with Crippen LogP contribution in [0.4, 0.5) is 22.0 Å². The van der Waals surface area contributed by atoms with Crippen LogP contribution >= 0.6 is 0 Å². The van der Waals surface area contributed by atoms with Crippen molar-refractivity contribution < 1.29 is 49.7 Å². The van der Waals surface area contributed by atoms with Gasteiger partial charge in [-0.05, 0) is 53.6 Å². The minimum absolute atomic E-state index is 0.00791. The zero-order valence-electron chi connectivity index (χ0n) is 21.5. The molecule has 0 spiro atoms. The van der Waals surface area contributed by atoms with Crippen LogP contribution in [0.15, 0.2) is 42.6 Å². The zero-order valence-corrected chi connectivity index (χ0v) is 22.4. The Morgan fingerprint density at radius 1 is 1.10 bits per heavy atom. The van der Waals surface area contributed by atoms with Crippen molar-refractivity contribution in [1.82, 2.24) is 4.98 Å². The van der Waals surface area contributed by atoms with E-state index in [0.717, 1.165) is 41.6 Å². The molecule has 1 saturated carbocycles. The van der Waals surface area contributed by atoms with Gasteiger partial charge in [0.2, 0.25) is 5.88 Å². The first-order valence-corrected chi connectivity index (χ1v) is 14.6. The van der Waals surface area contributed by atoms with Gasteiger partial charge in [-0.3, -0.25) is 4.79 Å². The molecule has 3 aromatic rings. The number of hydrogen-bond acceptors (Lipinski definition) is 6. The lowest BCUT2D eigenvalue weighted by atomic mass is 9.96. The van der Waals surface area contributed by atoms with E-state index < -0.39 is 63.0 Å². The molecule has 1 heterocycles. The molecule has 218 valence electrons. The van der Waals surface area contributed by atoms with Gasteiger partial charge in [-0.1, -0.05) is 6.07 Å². The second kappa shape index (κ2) is 10.6. The van der Waals surface area contributed by atoms with Crippen LogP contribution in [0.2, 0.25) is 0 Å². The highest BCUT2D eigenvalue weighted by molar-refractivity contribution is 7.90. The third-order valence-corrected chi connectivity index (χ3v) is 8.31. The lowest BCUT2D eigenvalue weighted by Crippen LogP contribution is -2.11. The third kappa shape index (κ3) is 6.14. The van der Waals surface area contributed by atoms with Crippen molar-refractivity contribution in [3.8, 4) is 22.8 Å². The van der Waals surface area contributed by atoms with Gasteiger partial charge in [0.25, 0.3) is 0 Å². The number of aromatic nitrogens is 1. The van der Waals surface area contributed by atoms with E-state index in [9.17, 15) is 35.9 Å². The van der Waals surface area contributed by atoms with E-state index >= 15 is 4.39 Å². The van der Waals surface area contributed by atoms with Crippen molar-refractivity contribution in [2.75, 3.05) is 18.6 Å². The summed E-state index contributed by atoms with van der Waals surface area (Å²) in [6, 6.07) is 6.02. The molecule has 13 heteroatoms. The van der Waals surface area contributed by atoms with Crippen molar-refractivity contribution in [2.24, 2.45) is 11.8 Å². The smallest absolute Gasteiger partial charge is 0.417 e. The molecule has 2 aliphatic carbocycles. The number of carbonyl (C=O) groups is 1. The molecule has 5 rings (SSSR count). The van der Waals surface area contributed by atoms with Gasteiger partial charge in [-0.2, -0.15) is 13.2 Å². The Balaban J connectivity index is 1.35. The number of ether oxygens (including phenoxy) is 2. The van der Waals surface area contributed by atoms with Crippen LogP contribution in [-0.2, 0) is 33.8 Å². The lowest BCUT2D eigenvalue weighted by molar-refractivity contribution is -0.139. The van der Waals surface area contributed by atoms with Gasteiger partial charge in [0.05, 0.1) is 23.8 Å². The highest BCUT2D eigenvalue weighted by atomic mass is 32.2. The SMILES string of the molecule is CS(=O)(=O)CCCOc1cc(F)c(-c2ccc(F)c(COc3cc4c(cn3)C3C(C4)C3C(=O)O)c2)c(C(F)(F)F)c1. The summed E-state index contributed by atoms with van der Waals surface area (Å²) < 4.78 is 105. The van der Waals surface area contributed by atoms with E-state index in [4.69, 9.17) is 9.47 Å². The number of carboxylic acids is 1. The normalized spacial score (nSPS) is 19.4. The zero-order chi connectivity index (χ0) is 29.7. The van der Waals surface area contributed by atoms with Crippen LogP contribution in [-0.4, -0.2) is 43.1 Å². The summed E-state index contributed by atoms with van der Waals surface area (Å²) in [6.07, 6.45) is -1.89. The first-order chi connectivity index (χ1) is 19.2. The summed E-state index contributed by atoms with van der Waals surface area (Å²) in [7, 11) is -3.30. The molecular formula is C28H24F5NO6S. The average molecular weight is 598 g/mol. The number of sulfone groups is 1. The van der Waals surface area contributed by atoms with Crippen LogP contribution in [0.1, 0.15) is 34.6 Å².